The van der Waals surface area contributed by atoms with E-state index in [9.17, 15) is 4.39 Å². The van der Waals surface area contributed by atoms with Crippen LogP contribution in [0.15, 0.2) is 54.6 Å². The molecule has 0 unspecified atom stereocenters. The monoisotopic (exact) mass is 352 g/mol. The first-order valence-corrected chi connectivity index (χ1v) is 8.41. The second-order valence-corrected chi connectivity index (χ2v) is 6.08. The fraction of sp³-hybridized carbons (Fsp3) is 0.200. The van der Waals surface area contributed by atoms with E-state index in [1.807, 2.05) is 38.1 Å². The van der Waals surface area contributed by atoms with E-state index in [0.29, 0.717) is 23.1 Å². The lowest BCUT2D eigenvalue weighted by molar-refractivity contribution is 0.244. The predicted molar refractivity (Wildman–Crippen MR) is 102 cm³/mol. The minimum absolute atomic E-state index is 0.0587. The fourth-order valence-corrected chi connectivity index (χ4v) is 2.46. The molecule has 6 heteroatoms. The average Bonchev–Trinajstić information content (AvgIpc) is 2.58. The lowest BCUT2D eigenvalue weighted by Gasteiger charge is -2.16. The molecule has 1 heterocycles. The maximum Gasteiger partial charge on any atom is 0.146 e. The van der Waals surface area contributed by atoms with Gasteiger partial charge in [0.2, 0.25) is 0 Å². The summed E-state index contributed by atoms with van der Waals surface area (Å²) in [5.41, 5.74) is 1.16. The van der Waals surface area contributed by atoms with Crippen LogP contribution in [-0.2, 0) is 0 Å². The topological polar surface area (TPSA) is 59.1 Å². The van der Waals surface area contributed by atoms with Crippen molar-refractivity contribution in [1.29, 1.82) is 0 Å². The molecule has 1 aromatic heterocycles. The van der Waals surface area contributed by atoms with E-state index in [-0.39, 0.29) is 11.9 Å². The van der Waals surface area contributed by atoms with Gasteiger partial charge in [-0.15, -0.1) is 0 Å². The third kappa shape index (κ3) is 4.47. The number of aromatic nitrogens is 2. The number of nitrogens with zero attached hydrogens (tertiary/aromatic N) is 2. The van der Waals surface area contributed by atoms with Crippen LogP contribution < -0.4 is 15.4 Å². The largest absolute Gasteiger partial charge is 0.489 e. The Labute approximate surface area is 152 Å². The molecule has 0 aliphatic rings. The highest BCUT2D eigenvalue weighted by molar-refractivity contribution is 5.67. The standard InChI is InChI=1S/C20H21FN4O/c1-13(2)26-18-11-7-6-10-17(18)25-20-12-19(22-14(3)23-20)24-16-9-5-4-8-15(16)21/h4-13H,1-3H3,(H2,22,23,24,25). The van der Waals surface area contributed by atoms with E-state index < -0.39 is 0 Å². The Hall–Kier alpha value is -3.15. The highest BCUT2D eigenvalue weighted by atomic mass is 19.1. The number of anilines is 4. The van der Waals surface area contributed by atoms with Crippen LogP contribution in [0.2, 0.25) is 0 Å². The zero-order valence-electron chi connectivity index (χ0n) is 15.0. The molecule has 0 fully saturated rings. The molecule has 0 bridgehead atoms. The number of hydrogen-bond acceptors (Lipinski definition) is 5. The molecule has 5 nitrogen and oxygen atoms in total. The van der Waals surface area contributed by atoms with Crippen molar-refractivity contribution in [3.05, 3.63) is 66.2 Å². The molecule has 0 saturated heterocycles. The Bertz CT molecular complexity index is 898. The normalized spacial score (nSPS) is 10.7. The van der Waals surface area contributed by atoms with Gasteiger partial charge >= 0.3 is 0 Å². The van der Waals surface area contributed by atoms with Gasteiger partial charge in [-0.3, -0.25) is 0 Å². The third-order valence-electron chi connectivity index (χ3n) is 3.49. The predicted octanol–water partition coefficient (Wildman–Crippen LogP) is 5.20. The van der Waals surface area contributed by atoms with Crippen molar-refractivity contribution >= 4 is 23.0 Å². The number of ether oxygens (including phenoxy) is 1. The molecule has 0 spiro atoms. The van der Waals surface area contributed by atoms with Gasteiger partial charge in [0.1, 0.15) is 29.0 Å². The second-order valence-electron chi connectivity index (χ2n) is 6.08. The highest BCUT2D eigenvalue weighted by Crippen LogP contribution is 2.29. The Balaban J connectivity index is 1.86. The number of nitrogens with one attached hydrogen (secondary N) is 2. The van der Waals surface area contributed by atoms with Crippen molar-refractivity contribution in [3.8, 4) is 5.75 Å². The number of aryl methyl sites for hydroxylation is 1. The van der Waals surface area contributed by atoms with Gasteiger partial charge in [-0.1, -0.05) is 24.3 Å². The van der Waals surface area contributed by atoms with Crippen LogP contribution in [0.4, 0.5) is 27.4 Å². The SMILES string of the molecule is Cc1nc(Nc2ccccc2F)cc(Nc2ccccc2OC(C)C)n1. The zero-order valence-corrected chi connectivity index (χ0v) is 15.0. The van der Waals surface area contributed by atoms with E-state index in [1.54, 1.807) is 31.2 Å². The van der Waals surface area contributed by atoms with Crippen LogP contribution in [0.5, 0.6) is 5.75 Å². The summed E-state index contributed by atoms with van der Waals surface area (Å²) in [6.07, 6.45) is 0.0587. The summed E-state index contributed by atoms with van der Waals surface area (Å²) in [7, 11) is 0. The molecule has 0 amide bonds. The summed E-state index contributed by atoms with van der Waals surface area (Å²) in [6, 6.07) is 15.8. The number of halogens is 1. The van der Waals surface area contributed by atoms with Crippen molar-refractivity contribution < 1.29 is 9.13 Å². The molecule has 0 atom stereocenters. The smallest absolute Gasteiger partial charge is 0.146 e. The van der Waals surface area contributed by atoms with Gasteiger partial charge in [-0.05, 0) is 45.0 Å². The Morgan fingerprint density at radius 3 is 2.12 bits per heavy atom. The minimum atomic E-state index is -0.339. The summed E-state index contributed by atoms with van der Waals surface area (Å²) in [5, 5.41) is 6.24. The number of benzene rings is 2. The van der Waals surface area contributed by atoms with Gasteiger partial charge in [0.25, 0.3) is 0 Å². The molecule has 0 saturated carbocycles. The lowest BCUT2D eigenvalue weighted by Crippen LogP contribution is -2.08. The summed E-state index contributed by atoms with van der Waals surface area (Å²) in [5.74, 6) is 2.07. The maximum atomic E-state index is 13.9. The summed E-state index contributed by atoms with van der Waals surface area (Å²) in [4.78, 5) is 8.72. The van der Waals surface area contributed by atoms with Crippen LogP contribution in [0.1, 0.15) is 19.7 Å². The van der Waals surface area contributed by atoms with E-state index >= 15 is 0 Å². The summed E-state index contributed by atoms with van der Waals surface area (Å²) < 4.78 is 19.7. The van der Waals surface area contributed by atoms with Crippen molar-refractivity contribution in [3.63, 3.8) is 0 Å². The van der Waals surface area contributed by atoms with Crippen LogP contribution in [0.25, 0.3) is 0 Å². The molecule has 0 radical (unpaired) electrons. The zero-order chi connectivity index (χ0) is 18.5. The van der Waals surface area contributed by atoms with Crippen LogP contribution in [-0.4, -0.2) is 16.1 Å². The number of hydrogen-bond donors (Lipinski definition) is 2. The first kappa shape index (κ1) is 17.7. The first-order chi connectivity index (χ1) is 12.5. The third-order valence-corrected chi connectivity index (χ3v) is 3.49. The molecule has 0 aliphatic carbocycles. The maximum absolute atomic E-state index is 13.9. The van der Waals surface area contributed by atoms with Crippen molar-refractivity contribution in [1.82, 2.24) is 9.97 Å². The van der Waals surface area contributed by atoms with Gasteiger partial charge in [0.05, 0.1) is 17.5 Å². The molecule has 0 aliphatic heterocycles. The molecule has 3 rings (SSSR count). The molecule has 134 valence electrons. The molecule has 3 aromatic rings. The fourth-order valence-electron chi connectivity index (χ4n) is 2.46. The summed E-state index contributed by atoms with van der Waals surface area (Å²) >= 11 is 0. The van der Waals surface area contributed by atoms with Crippen LogP contribution >= 0.6 is 0 Å². The van der Waals surface area contributed by atoms with E-state index in [4.69, 9.17) is 4.74 Å². The van der Waals surface area contributed by atoms with Gasteiger partial charge < -0.3 is 15.4 Å². The van der Waals surface area contributed by atoms with E-state index in [2.05, 4.69) is 20.6 Å². The second kappa shape index (κ2) is 7.82. The van der Waals surface area contributed by atoms with Crippen molar-refractivity contribution in [2.45, 2.75) is 26.9 Å². The Morgan fingerprint density at radius 1 is 0.885 bits per heavy atom. The first-order valence-electron chi connectivity index (χ1n) is 8.41. The Morgan fingerprint density at radius 2 is 1.46 bits per heavy atom. The highest BCUT2D eigenvalue weighted by Gasteiger charge is 2.09. The van der Waals surface area contributed by atoms with Gasteiger partial charge in [0, 0.05) is 6.07 Å². The molecule has 26 heavy (non-hydrogen) atoms. The average molecular weight is 352 g/mol. The molecular formula is C20H21FN4O. The van der Waals surface area contributed by atoms with Crippen LogP contribution in [0, 0.1) is 12.7 Å². The lowest BCUT2D eigenvalue weighted by atomic mass is 10.3. The number of para-hydroxylation sites is 3. The molecule has 2 aromatic carbocycles. The van der Waals surface area contributed by atoms with Gasteiger partial charge in [-0.25, -0.2) is 14.4 Å². The molecule has 2 N–H and O–H groups in total. The number of rotatable bonds is 6. The van der Waals surface area contributed by atoms with Crippen molar-refractivity contribution in [2.24, 2.45) is 0 Å². The van der Waals surface area contributed by atoms with Gasteiger partial charge in [0.15, 0.2) is 0 Å². The minimum Gasteiger partial charge on any atom is -0.489 e. The van der Waals surface area contributed by atoms with E-state index in [1.165, 1.54) is 6.07 Å². The van der Waals surface area contributed by atoms with E-state index in [0.717, 1.165) is 11.4 Å². The summed E-state index contributed by atoms with van der Waals surface area (Å²) in [6.45, 7) is 5.73. The van der Waals surface area contributed by atoms with Gasteiger partial charge in [-0.2, -0.15) is 0 Å². The Kier molecular flexibility index (Phi) is 5.31. The molecular weight excluding hydrogens is 331 g/mol. The van der Waals surface area contributed by atoms with Crippen LogP contribution in [0.3, 0.4) is 0 Å². The quantitative estimate of drug-likeness (QED) is 0.639. The van der Waals surface area contributed by atoms with Crippen molar-refractivity contribution in [2.75, 3.05) is 10.6 Å².